The van der Waals surface area contributed by atoms with Crippen molar-refractivity contribution in [3.63, 3.8) is 0 Å². The van der Waals surface area contributed by atoms with E-state index in [1.165, 1.54) is 23.3 Å². The van der Waals surface area contributed by atoms with Crippen LogP contribution in [0.15, 0.2) is 95.6 Å². The predicted octanol–water partition coefficient (Wildman–Crippen LogP) is 5.36. The zero-order valence-corrected chi connectivity index (χ0v) is 21.1. The number of furan rings is 1. The lowest BCUT2D eigenvalue weighted by Crippen LogP contribution is -2.46. The van der Waals surface area contributed by atoms with Gasteiger partial charge < -0.3 is 19.8 Å². The maximum Gasteiger partial charge on any atom is 0.411 e. The molecule has 2 N–H and O–H groups in total. The summed E-state index contributed by atoms with van der Waals surface area (Å²) in [5.74, 6) is -0.589. The van der Waals surface area contributed by atoms with Gasteiger partial charge in [-0.05, 0) is 66.6 Å². The van der Waals surface area contributed by atoms with Gasteiger partial charge in [-0.3, -0.25) is 14.5 Å². The maximum absolute atomic E-state index is 13.4. The molecule has 0 spiro atoms. The molecule has 3 amide bonds. The standard InChI is InChI=1S/C30H26FN3O5/c1-19-7-11-21(12-8-19)28(35)33-24-5-2-4-22(16-24)27-26(29(36)32-17-25-6-3-15-38-25)34(30(37)39-27)18-20-9-13-23(31)14-10-20/h2-16,26-27H,17-18H2,1H3,(H,32,36)(H,33,35). The summed E-state index contributed by atoms with van der Waals surface area (Å²) >= 11 is 0. The zero-order valence-electron chi connectivity index (χ0n) is 21.1. The molecule has 5 rings (SSSR count). The van der Waals surface area contributed by atoms with E-state index < -0.39 is 30.0 Å². The number of aryl methyl sites for hydroxylation is 1. The van der Waals surface area contributed by atoms with E-state index >= 15 is 0 Å². The van der Waals surface area contributed by atoms with Gasteiger partial charge in [-0.2, -0.15) is 0 Å². The van der Waals surface area contributed by atoms with E-state index in [1.54, 1.807) is 60.7 Å². The largest absolute Gasteiger partial charge is 0.467 e. The number of carbonyl (C=O) groups excluding carboxylic acids is 3. The Hall–Kier alpha value is -4.92. The van der Waals surface area contributed by atoms with Gasteiger partial charge in [-0.1, -0.05) is 42.0 Å². The molecule has 0 saturated carbocycles. The number of nitrogens with zero attached hydrogens (tertiary/aromatic N) is 1. The summed E-state index contributed by atoms with van der Waals surface area (Å²) in [7, 11) is 0. The second-order valence-electron chi connectivity index (χ2n) is 9.25. The third-order valence-electron chi connectivity index (χ3n) is 6.42. The Balaban J connectivity index is 1.40. The van der Waals surface area contributed by atoms with Gasteiger partial charge in [0.05, 0.1) is 19.4 Å². The summed E-state index contributed by atoms with van der Waals surface area (Å²) in [6, 6.07) is 22.1. The van der Waals surface area contributed by atoms with Crippen LogP contribution in [0.2, 0.25) is 0 Å². The first-order valence-corrected chi connectivity index (χ1v) is 12.4. The van der Waals surface area contributed by atoms with Crippen LogP contribution in [0, 0.1) is 12.7 Å². The van der Waals surface area contributed by atoms with Gasteiger partial charge in [0.25, 0.3) is 5.91 Å². The van der Waals surface area contributed by atoms with Gasteiger partial charge in [0, 0.05) is 11.3 Å². The van der Waals surface area contributed by atoms with Crippen molar-refractivity contribution in [2.45, 2.75) is 32.2 Å². The van der Waals surface area contributed by atoms with Crippen molar-refractivity contribution >= 4 is 23.6 Å². The van der Waals surface area contributed by atoms with Crippen molar-refractivity contribution in [3.05, 3.63) is 125 Å². The van der Waals surface area contributed by atoms with Crippen LogP contribution >= 0.6 is 0 Å². The summed E-state index contributed by atoms with van der Waals surface area (Å²) in [5, 5.41) is 5.66. The minimum atomic E-state index is -1.03. The summed E-state index contributed by atoms with van der Waals surface area (Å²) in [4.78, 5) is 40.5. The number of hydrogen-bond acceptors (Lipinski definition) is 5. The average Bonchev–Trinajstić information content (AvgIpc) is 3.57. The number of hydrogen-bond donors (Lipinski definition) is 2. The molecule has 39 heavy (non-hydrogen) atoms. The first kappa shape index (κ1) is 25.7. The fourth-order valence-corrected chi connectivity index (χ4v) is 4.39. The molecule has 1 aliphatic heterocycles. The second kappa shape index (κ2) is 11.2. The molecule has 1 aromatic heterocycles. The molecule has 8 nitrogen and oxygen atoms in total. The number of halogens is 1. The number of benzene rings is 3. The van der Waals surface area contributed by atoms with Crippen molar-refractivity contribution < 1.29 is 27.9 Å². The van der Waals surface area contributed by atoms with Gasteiger partial charge in [0.15, 0.2) is 12.1 Å². The number of ether oxygens (including phenoxy) is 1. The predicted molar refractivity (Wildman–Crippen MR) is 141 cm³/mol. The van der Waals surface area contributed by atoms with Gasteiger partial charge in [0.2, 0.25) is 5.91 Å². The number of rotatable bonds is 8. The van der Waals surface area contributed by atoms with Crippen LogP contribution in [0.4, 0.5) is 14.9 Å². The molecule has 1 saturated heterocycles. The molecule has 1 aliphatic rings. The third kappa shape index (κ3) is 5.98. The minimum Gasteiger partial charge on any atom is -0.467 e. The smallest absolute Gasteiger partial charge is 0.411 e. The highest BCUT2D eigenvalue weighted by atomic mass is 19.1. The topological polar surface area (TPSA) is 101 Å². The van der Waals surface area contributed by atoms with E-state index in [2.05, 4.69) is 10.6 Å². The van der Waals surface area contributed by atoms with E-state index in [4.69, 9.17) is 9.15 Å². The van der Waals surface area contributed by atoms with Crippen molar-refractivity contribution in [1.29, 1.82) is 0 Å². The normalized spacial score (nSPS) is 16.6. The van der Waals surface area contributed by atoms with Crippen molar-refractivity contribution in [2.24, 2.45) is 0 Å². The fraction of sp³-hybridized carbons (Fsp3) is 0.167. The minimum absolute atomic E-state index is 0.0400. The molecule has 9 heteroatoms. The number of carbonyl (C=O) groups is 3. The molecular formula is C30H26FN3O5. The second-order valence-corrected chi connectivity index (χ2v) is 9.25. The lowest BCUT2D eigenvalue weighted by Gasteiger charge is -2.24. The van der Waals surface area contributed by atoms with E-state index in [1.807, 2.05) is 19.1 Å². The van der Waals surface area contributed by atoms with Crippen LogP contribution in [0.5, 0.6) is 0 Å². The SMILES string of the molecule is Cc1ccc(C(=O)Nc2cccc(C3OC(=O)N(Cc4ccc(F)cc4)C3C(=O)NCc3ccco3)c2)cc1. The van der Waals surface area contributed by atoms with Gasteiger partial charge in [0.1, 0.15) is 11.6 Å². The zero-order chi connectivity index (χ0) is 27.4. The Morgan fingerprint density at radius 2 is 1.74 bits per heavy atom. The summed E-state index contributed by atoms with van der Waals surface area (Å²) in [6.07, 6.45) is -0.133. The van der Waals surface area contributed by atoms with Crippen LogP contribution < -0.4 is 10.6 Å². The third-order valence-corrected chi connectivity index (χ3v) is 6.42. The molecule has 2 heterocycles. The molecule has 1 fully saturated rings. The monoisotopic (exact) mass is 527 g/mol. The van der Waals surface area contributed by atoms with E-state index in [0.717, 1.165) is 5.56 Å². The van der Waals surface area contributed by atoms with Gasteiger partial charge >= 0.3 is 6.09 Å². The van der Waals surface area contributed by atoms with Crippen LogP contribution in [0.1, 0.15) is 38.9 Å². The summed E-state index contributed by atoms with van der Waals surface area (Å²) in [5.41, 5.74) is 3.19. The Bertz CT molecular complexity index is 1470. The molecule has 4 aromatic rings. The molecule has 0 radical (unpaired) electrons. The molecule has 2 unspecified atom stereocenters. The molecule has 3 aromatic carbocycles. The first-order valence-electron chi connectivity index (χ1n) is 12.4. The Kier molecular flexibility index (Phi) is 7.40. The molecule has 0 bridgehead atoms. The first-order chi connectivity index (χ1) is 18.9. The lowest BCUT2D eigenvalue weighted by atomic mass is 10.00. The van der Waals surface area contributed by atoms with Gasteiger partial charge in [-0.25, -0.2) is 9.18 Å². The maximum atomic E-state index is 13.4. The lowest BCUT2D eigenvalue weighted by molar-refractivity contribution is -0.126. The van der Waals surface area contributed by atoms with E-state index in [-0.39, 0.29) is 19.0 Å². The molecule has 0 aliphatic carbocycles. The van der Waals surface area contributed by atoms with Crippen LogP contribution in [0.3, 0.4) is 0 Å². The highest BCUT2D eigenvalue weighted by molar-refractivity contribution is 6.04. The average molecular weight is 528 g/mol. The van der Waals surface area contributed by atoms with Gasteiger partial charge in [-0.15, -0.1) is 0 Å². The Labute approximate surface area is 224 Å². The molecular weight excluding hydrogens is 501 g/mol. The van der Waals surface area contributed by atoms with Crippen molar-refractivity contribution in [2.75, 3.05) is 5.32 Å². The molecule has 2 atom stereocenters. The number of cyclic esters (lactones) is 1. The van der Waals surface area contributed by atoms with Crippen molar-refractivity contribution in [3.8, 4) is 0 Å². The van der Waals surface area contributed by atoms with Crippen molar-refractivity contribution in [1.82, 2.24) is 10.2 Å². The Morgan fingerprint density at radius 1 is 0.974 bits per heavy atom. The quantitative estimate of drug-likeness (QED) is 0.321. The number of nitrogens with one attached hydrogen (secondary N) is 2. The highest BCUT2D eigenvalue weighted by Crippen LogP contribution is 2.35. The summed E-state index contributed by atoms with van der Waals surface area (Å²) < 4.78 is 24.5. The molecule has 198 valence electrons. The van der Waals surface area contributed by atoms with E-state index in [0.29, 0.717) is 28.1 Å². The summed E-state index contributed by atoms with van der Waals surface area (Å²) in [6.45, 7) is 2.10. The number of anilines is 1. The number of amides is 3. The highest BCUT2D eigenvalue weighted by Gasteiger charge is 2.47. The van der Waals surface area contributed by atoms with Crippen LogP contribution in [0.25, 0.3) is 0 Å². The van der Waals surface area contributed by atoms with E-state index in [9.17, 15) is 18.8 Å². The fourth-order valence-electron chi connectivity index (χ4n) is 4.39. The Morgan fingerprint density at radius 3 is 2.46 bits per heavy atom. The van der Waals surface area contributed by atoms with Crippen LogP contribution in [-0.4, -0.2) is 28.8 Å². The van der Waals surface area contributed by atoms with Crippen LogP contribution in [-0.2, 0) is 22.6 Å².